The van der Waals surface area contributed by atoms with Crippen molar-refractivity contribution in [3.05, 3.63) is 47.5 Å². The maximum Gasteiger partial charge on any atom is 0.244 e. The lowest BCUT2D eigenvalue weighted by atomic mass is 10.3. The zero-order chi connectivity index (χ0) is 15.6. The lowest BCUT2D eigenvalue weighted by molar-refractivity contribution is 0.462. The second-order valence-electron chi connectivity index (χ2n) is 5.01. The lowest BCUT2D eigenvalue weighted by Crippen LogP contribution is -2.26. The smallest absolute Gasteiger partial charge is 0.244 e. The van der Waals surface area contributed by atoms with E-state index in [-0.39, 0.29) is 11.4 Å². The van der Waals surface area contributed by atoms with Crippen LogP contribution in [0.3, 0.4) is 0 Å². The molecule has 0 aliphatic carbocycles. The highest BCUT2D eigenvalue weighted by molar-refractivity contribution is 7.89. The van der Waals surface area contributed by atoms with Crippen molar-refractivity contribution >= 4 is 10.0 Å². The van der Waals surface area contributed by atoms with Gasteiger partial charge in [0.05, 0.1) is 12.2 Å². The van der Waals surface area contributed by atoms with Crippen LogP contribution in [-0.4, -0.2) is 29.3 Å². The predicted molar refractivity (Wildman–Crippen MR) is 80.9 cm³/mol. The topological polar surface area (TPSA) is 81.2 Å². The maximum atomic E-state index is 12.5. The van der Waals surface area contributed by atoms with Crippen LogP contribution in [0, 0.1) is 6.92 Å². The van der Waals surface area contributed by atoms with E-state index in [1.807, 2.05) is 25.1 Å². The minimum absolute atomic E-state index is 0.233. The summed E-state index contributed by atoms with van der Waals surface area (Å²) in [5, 5.41) is 0. The number of hydrogen-bond donors (Lipinski definition) is 1. The number of nitrogens with two attached hydrogens (primary N) is 1. The van der Waals surface area contributed by atoms with E-state index >= 15 is 0 Å². The van der Waals surface area contributed by atoms with E-state index < -0.39 is 10.0 Å². The number of sulfonamides is 1. The highest BCUT2D eigenvalue weighted by atomic mass is 32.2. The van der Waals surface area contributed by atoms with Crippen LogP contribution in [0.15, 0.2) is 35.4 Å². The van der Waals surface area contributed by atoms with Crippen LogP contribution in [0.25, 0.3) is 0 Å². The summed E-state index contributed by atoms with van der Waals surface area (Å²) in [4.78, 5) is 4.58. The van der Waals surface area contributed by atoms with Crippen molar-refractivity contribution in [1.82, 2.24) is 13.9 Å². The molecule has 114 valence electrons. The quantitative estimate of drug-likeness (QED) is 0.894. The molecule has 0 unspecified atom stereocenters. The van der Waals surface area contributed by atoms with Crippen molar-refractivity contribution < 1.29 is 8.42 Å². The molecule has 2 N–H and O–H groups in total. The molecule has 2 heterocycles. The van der Waals surface area contributed by atoms with Gasteiger partial charge >= 0.3 is 0 Å². The second kappa shape index (κ2) is 5.97. The molecule has 7 heteroatoms. The Morgan fingerprint density at radius 3 is 2.67 bits per heavy atom. The molecule has 0 saturated heterocycles. The molecule has 0 bridgehead atoms. The Morgan fingerprint density at radius 2 is 2.10 bits per heavy atom. The Labute approximate surface area is 125 Å². The first-order chi connectivity index (χ1) is 9.84. The first-order valence-corrected chi connectivity index (χ1v) is 8.03. The molecule has 6 nitrogen and oxygen atoms in total. The van der Waals surface area contributed by atoms with Crippen molar-refractivity contribution in [3.63, 3.8) is 0 Å². The van der Waals surface area contributed by atoms with Gasteiger partial charge in [-0.05, 0) is 25.1 Å². The Morgan fingerprint density at radius 1 is 1.38 bits per heavy atom. The van der Waals surface area contributed by atoms with Crippen molar-refractivity contribution in [2.45, 2.75) is 24.9 Å². The van der Waals surface area contributed by atoms with Gasteiger partial charge in [0.15, 0.2) is 0 Å². The van der Waals surface area contributed by atoms with Crippen molar-refractivity contribution in [2.75, 3.05) is 7.05 Å². The zero-order valence-corrected chi connectivity index (χ0v) is 13.3. The number of nitrogens with zero attached hydrogens (tertiary/aromatic N) is 3. The maximum absolute atomic E-state index is 12.5. The first kappa shape index (κ1) is 15.7. The summed E-state index contributed by atoms with van der Waals surface area (Å²) in [6.07, 6.45) is 1.58. The van der Waals surface area contributed by atoms with Crippen LogP contribution < -0.4 is 5.73 Å². The monoisotopic (exact) mass is 308 g/mol. The third-order valence-electron chi connectivity index (χ3n) is 3.33. The van der Waals surface area contributed by atoms with E-state index in [2.05, 4.69) is 4.98 Å². The highest BCUT2D eigenvalue weighted by Crippen LogP contribution is 2.18. The fourth-order valence-corrected chi connectivity index (χ4v) is 3.34. The standard InChI is InChI=1S/C14H20N4O2S/c1-11-5-4-6-12(16-11)9-18(3)21(19,20)14-7-13(8-15)17(2)10-14/h4-7,10H,8-9,15H2,1-3H3. The van der Waals surface area contributed by atoms with Crippen molar-refractivity contribution in [2.24, 2.45) is 12.8 Å². The zero-order valence-electron chi connectivity index (χ0n) is 12.4. The number of rotatable bonds is 5. The van der Waals surface area contributed by atoms with Gasteiger partial charge in [0, 0.05) is 38.2 Å². The minimum atomic E-state index is -3.54. The molecule has 2 aromatic rings. The summed E-state index contributed by atoms with van der Waals surface area (Å²) in [5.74, 6) is 0. The first-order valence-electron chi connectivity index (χ1n) is 6.59. The van der Waals surface area contributed by atoms with E-state index in [1.165, 1.54) is 4.31 Å². The van der Waals surface area contributed by atoms with Gasteiger partial charge in [-0.15, -0.1) is 0 Å². The third kappa shape index (κ3) is 3.31. The molecule has 0 radical (unpaired) electrons. The number of hydrogen-bond acceptors (Lipinski definition) is 4. The van der Waals surface area contributed by atoms with Gasteiger partial charge in [0.2, 0.25) is 10.0 Å². The number of aryl methyl sites for hydroxylation is 2. The van der Waals surface area contributed by atoms with Gasteiger partial charge < -0.3 is 10.3 Å². The molecule has 0 atom stereocenters. The van der Waals surface area contributed by atoms with Gasteiger partial charge in [-0.25, -0.2) is 8.42 Å². The molecule has 21 heavy (non-hydrogen) atoms. The van der Waals surface area contributed by atoms with E-state index in [0.29, 0.717) is 6.54 Å². The van der Waals surface area contributed by atoms with Gasteiger partial charge in [-0.2, -0.15) is 4.31 Å². The SMILES string of the molecule is Cc1cccc(CN(C)S(=O)(=O)c2cc(CN)n(C)c2)n1. The largest absolute Gasteiger partial charge is 0.352 e. The molecular weight excluding hydrogens is 288 g/mol. The fourth-order valence-electron chi connectivity index (χ4n) is 2.10. The Balaban J connectivity index is 2.26. The fraction of sp³-hybridized carbons (Fsp3) is 0.357. The van der Waals surface area contributed by atoms with Gasteiger partial charge in [0.1, 0.15) is 4.90 Å². The lowest BCUT2D eigenvalue weighted by Gasteiger charge is -2.16. The molecule has 0 aromatic carbocycles. The van der Waals surface area contributed by atoms with Crippen LogP contribution in [0.1, 0.15) is 17.1 Å². The average molecular weight is 308 g/mol. The van der Waals surface area contributed by atoms with Gasteiger partial charge in [-0.3, -0.25) is 4.98 Å². The molecule has 0 fully saturated rings. The minimum Gasteiger partial charge on any atom is -0.352 e. The highest BCUT2D eigenvalue weighted by Gasteiger charge is 2.23. The molecule has 0 spiro atoms. The molecule has 0 amide bonds. The Kier molecular flexibility index (Phi) is 4.46. The normalized spacial score (nSPS) is 12.0. The molecule has 0 saturated carbocycles. The van der Waals surface area contributed by atoms with Gasteiger partial charge in [-0.1, -0.05) is 6.07 Å². The summed E-state index contributed by atoms with van der Waals surface area (Å²) in [6.45, 7) is 2.41. The Bertz CT molecular complexity index is 737. The Hall–Kier alpha value is -1.70. The second-order valence-corrected chi connectivity index (χ2v) is 7.06. The molecular formula is C14H20N4O2S. The average Bonchev–Trinajstić information content (AvgIpc) is 2.80. The van der Waals surface area contributed by atoms with Crippen LogP contribution in [0.5, 0.6) is 0 Å². The number of pyridine rings is 1. The molecule has 0 aliphatic heterocycles. The summed E-state index contributed by atoms with van der Waals surface area (Å²) in [5.41, 5.74) is 7.94. The van der Waals surface area contributed by atoms with Crippen LogP contribution >= 0.6 is 0 Å². The molecule has 2 aromatic heterocycles. The van der Waals surface area contributed by atoms with Crippen LogP contribution in [0.2, 0.25) is 0 Å². The van der Waals surface area contributed by atoms with E-state index in [4.69, 9.17) is 5.73 Å². The number of aromatic nitrogens is 2. The van der Waals surface area contributed by atoms with Crippen LogP contribution in [-0.2, 0) is 30.2 Å². The van der Waals surface area contributed by atoms with E-state index in [0.717, 1.165) is 17.1 Å². The van der Waals surface area contributed by atoms with Crippen molar-refractivity contribution in [3.8, 4) is 0 Å². The van der Waals surface area contributed by atoms with E-state index in [1.54, 1.807) is 30.9 Å². The van der Waals surface area contributed by atoms with E-state index in [9.17, 15) is 8.42 Å². The third-order valence-corrected chi connectivity index (χ3v) is 5.10. The summed E-state index contributed by atoms with van der Waals surface area (Å²) >= 11 is 0. The van der Waals surface area contributed by atoms with Gasteiger partial charge in [0.25, 0.3) is 0 Å². The summed E-state index contributed by atoms with van der Waals surface area (Å²) in [6, 6.07) is 7.17. The predicted octanol–water partition coefficient (Wildman–Crippen LogP) is 1.01. The summed E-state index contributed by atoms with van der Waals surface area (Å²) < 4.78 is 28.1. The summed E-state index contributed by atoms with van der Waals surface area (Å²) in [7, 11) is -0.214. The van der Waals surface area contributed by atoms with Crippen LogP contribution in [0.4, 0.5) is 0 Å². The molecule has 2 rings (SSSR count). The van der Waals surface area contributed by atoms with Crippen molar-refractivity contribution in [1.29, 1.82) is 0 Å². The molecule has 0 aliphatic rings.